The third kappa shape index (κ3) is 17.6. The number of hydrogen-bond donors (Lipinski definition) is 1. The van der Waals surface area contributed by atoms with Gasteiger partial charge >= 0.3 is 0 Å². The maximum Gasteiger partial charge on any atom is 0.238 e. The molecule has 0 spiro atoms. The maximum absolute atomic E-state index is 6.11. The van der Waals surface area contributed by atoms with Crippen LogP contribution in [0.2, 0.25) is 5.28 Å². The first kappa shape index (κ1) is 82.3. The predicted molar refractivity (Wildman–Crippen MR) is 548 cm³/mol. The molecule has 22 aromatic rings. The Morgan fingerprint density at radius 2 is 0.553 bits per heavy atom. The molecule has 0 fully saturated rings. The van der Waals surface area contributed by atoms with Gasteiger partial charge in [-0.15, -0.1) is 6.42 Å². The minimum absolute atomic E-state index is 0.191. The number of H-pyrrole nitrogens is 1. The lowest BCUT2D eigenvalue weighted by Gasteiger charge is -2.14. The summed E-state index contributed by atoms with van der Waals surface area (Å²) in [5, 5.41) is 25.6. The summed E-state index contributed by atoms with van der Waals surface area (Å²) in [6.07, 6.45) is 4.91. The Bertz CT molecular complexity index is 9240. The van der Waals surface area contributed by atoms with Gasteiger partial charge in [0, 0.05) is 90.4 Å². The van der Waals surface area contributed by atoms with Crippen LogP contribution in [0.4, 0.5) is 0 Å². The van der Waals surface area contributed by atoms with Gasteiger partial charge in [-0.3, -0.25) is 4.57 Å². The van der Waals surface area contributed by atoms with Crippen LogP contribution in [0, 0.1) is 143 Å². The summed E-state index contributed by atoms with van der Waals surface area (Å²) >= 11 is 6.11. The Labute approximate surface area is 768 Å². The van der Waals surface area contributed by atoms with Gasteiger partial charge in [0.15, 0.2) is 23.3 Å². The zero-order chi connectivity index (χ0) is 89.2. The van der Waals surface area contributed by atoms with Gasteiger partial charge in [-0.05, 0) is 258 Å². The van der Waals surface area contributed by atoms with E-state index in [1.54, 1.807) is 6.92 Å². The van der Waals surface area contributed by atoms with E-state index in [1.165, 1.54) is 119 Å². The summed E-state index contributed by atoms with van der Waals surface area (Å²) in [5.74, 6) is 59.9. The molecule has 0 aliphatic heterocycles. The molecule has 18 aromatic carbocycles. The zero-order valence-corrected chi connectivity index (χ0v) is 71.5. The second-order valence-electron chi connectivity index (χ2n) is 30.1. The highest BCUT2D eigenvalue weighted by molar-refractivity contribution is 6.35. The van der Waals surface area contributed by atoms with E-state index in [-0.39, 0.29) is 5.28 Å². The quantitative estimate of drug-likeness (QED) is 0.126. The summed E-state index contributed by atoms with van der Waals surface area (Å²) in [6, 6.07) is 128. The minimum atomic E-state index is 0.191. The van der Waals surface area contributed by atoms with Crippen molar-refractivity contribution in [2.24, 2.45) is 0 Å². The molecule has 0 bridgehead atoms. The van der Waals surface area contributed by atoms with Crippen molar-refractivity contribution in [3.05, 3.63) is 369 Å². The molecule has 0 aliphatic rings. The Morgan fingerprint density at radius 1 is 0.227 bits per heavy atom. The van der Waals surface area contributed by atoms with Crippen LogP contribution in [0.15, 0.2) is 364 Å². The molecule has 0 radical (unpaired) electrons. The lowest BCUT2D eigenvalue weighted by atomic mass is 9.90. The third-order valence-electron chi connectivity index (χ3n) is 22.3. The number of benzene rings is 18. The number of para-hydroxylation sites is 2. The van der Waals surface area contributed by atoms with E-state index in [0.29, 0.717) is 29.2 Å². The third-order valence-corrected chi connectivity index (χ3v) is 22.5. The zero-order valence-electron chi connectivity index (χ0n) is 70.7. The second-order valence-corrected chi connectivity index (χ2v) is 30.4. The topological polar surface area (TPSA) is 98.1 Å². The van der Waals surface area contributed by atoms with Crippen LogP contribution in [0.3, 0.4) is 0 Å². The normalized spacial score (nSPS) is 10.1. The average molecular weight is 1690 g/mol. The lowest BCUT2D eigenvalue weighted by Crippen LogP contribution is -2.06. The Hall–Kier alpha value is -19.3. The predicted octanol–water partition coefficient (Wildman–Crippen LogP) is 26.7. The molecule has 0 saturated heterocycles. The lowest BCUT2D eigenvalue weighted by molar-refractivity contribution is 0.954. The van der Waals surface area contributed by atoms with Gasteiger partial charge in [-0.25, -0.2) is 9.97 Å². The Morgan fingerprint density at radius 3 is 0.992 bits per heavy atom. The van der Waals surface area contributed by atoms with Crippen LogP contribution in [0.5, 0.6) is 0 Å². The van der Waals surface area contributed by atoms with E-state index in [2.05, 4.69) is 440 Å². The number of aromatic nitrogens is 8. The summed E-state index contributed by atoms with van der Waals surface area (Å²) in [6.45, 7) is 1.69. The SMILES string of the molecule is C#CC#CC#CC#CC#CC#CC#CC#CC#CC#CC#CC#CC.Clc1nc(-c2ccccc2)nc(-c2ccc(-c3ccccc3)cc2)n1.c1ccc(-c2ccc(-c3nc(-c4ccccc4)nc(-n4c5ccccc5c5cc6c7ccccc7c7ccc8ccccc8c7c6cc54)n3)cc2)cc1.c1ccc2c(c1)ccc1c3ccccc3c3cc4c(cc3c21)[nH]c1ccccc14. The van der Waals surface area contributed by atoms with Crippen molar-refractivity contribution >= 4 is 141 Å². The van der Waals surface area contributed by atoms with Crippen LogP contribution < -0.4 is 0 Å². The second kappa shape index (κ2) is 38.8. The molecule has 4 aromatic heterocycles. The van der Waals surface area contributed by atoms with Crippen molar-refractivity contribution in [3.63, 3.8) is 0 Å². The molecule has 9 heteroatoms. The van der Waals surface area contributed by atoms with Crippen molar-refractivity contribution in [2.45, 2.75) is 6.92 Å². The van der Waals surface area contributed by atoms with Gasteiger partial charge in [0.25, 0.3) is 0 Å². The standard InChI is InChI=1S/C49H30N4.C28H17N.C25H4.C21H14ClN3/c1-3-13-31(14-4-1)32-23-25-35(26-24-32)48-50-47(34-16-5-2-6-17-34)51-49(52-48)53-44-22-12-11-21-39(44)42-29-41-38-20-10-9-19-37(38)40-28-27-33-15-7-8-18-36(33)46(40)43(41)30-45(42)53;1-2-8-18-17(7-1)13-14-22-19-9-3-4-10-20(19)23-15-24-21-11-5-6-12-26(21)29-27(24)16-25(23)28(18)22;1-3-5-7-9-11-13-15-17-19-21-23-25-24-22-20-18-16-14-12-10-8-6-4-2;22-21-24-19(17-9-5-2-6-10-17)23-20(25-21)18-13-11-16(12-14-18)15-7-3-1-4-8-15/h1-30H;1-16,29H;1H,2H3;1-14H. The highest BCUT2D eigenvalue weighted by Crippen LogP contribution is 2.45. The van der Waals surface area contributed by atoms with Gasteiger partial charge in [-0.2, -0.15) is 19.9 Å². The monoisotopic (exact) mass is 1690 g/mol. The number of fused-ring (bicyclic) bond motifs is 22. The van der Waals surface area contributed by atoms with Crippen LogP contribution in [-0.4, -0.2) is 39.5 Å². The summed E-state index contributed by atoms with van der Waals surface area (Å²) in [7, 11) is 0. The Kier molecular flexibility index (Phi) is 24.2. The van der Waals surface area contributed by atoms with Crippen molar-refractivity contribution in [3.8, 4) is 216 Å². The van der Waals surface area contributed by atoms with E-state index >= 15 is 0 Å². The van der Waals surface area contributed by atoms with E-state index in [4.69, 9.17) is 33.0 Å². The van der Waals surface area contributed by atoms with E-state index in [9.17, 15) is 0 Å². The molecule has 1 N–H and O–H groups in total. The molecule has 8 nitrogen and oxygen atoms in total. The number of hydrogen-bond acceptors (Lipinski definition) is 6. The van der Waals surface area contributed by atoms with E-state index in [0.717, 1.165) is 55.2 Å². The van der Waals surface area contributed by atoms with Gasteiger partial charge in [0.2, 0.25) is 11.2 Å². The first-order chi connectivity index (χ1) is 65.4. The first-order valence-electron chi connectivity index (χ1n) is 42.2. The molecule has 0 unspecified atom stereocenters. The molecule has 4 heterocycles. The van der Waals surface area contributed by atoms with Crippen molar-refractivity contribution in [1.82, 2.24) is 39.5 Å². The summed E-state index contributed by atoms with van der Waals surface area (Å²) in [5.41, 5.74) is 12.8. The number of halogens is 1. The highest BCUT2D eigenvalue weighted by Gasteiger charge is 2.22. The number of rotatable bonds is 7. The van der Waals surface area contributed by atoms with Crippen molar-refractivity contribution < 1.29 is 0 Å². The minimum Gasteiger partial charge on any atom is -0.354 e. The molecule has 132 heavy (non-hydrogen) atoms. The van der Waals surface area contributed by atoms with E-state index < -0.39 is 0 Å². The van der Waals surface area contributed by atoms with Crippen LogP contribution in [0.1, 0.15) is 6.92 Å². The van der Waals surface area contributed by atoms with Gasteiger partial charge < -0.3 is 4.98 Å². The van der Waals surface area contributed by atoms with Crippen LogP contribution in [-0.2, 0) is 0 Å². The Balaban J connectivity index is 0.000000122. The molecule has 0 saturated carbocycles. The first-order valence-corrected chi connectivity index (χ1v) is 42.6. The smallest absolute Gasteiger partial charge is 0.238 e. The van der Waals surface area contributed by atoms with Crippen LogP contribution in [0.25, 0.3) is 204 Å². The van der Waals surface area contributed by atoms with Crippen molar-refractivity contribution in [2.75, 3.05) is 0 Å². The fraction of sp³-hybridized carbons (Fsp3) is 0.00813. The molecular weight excluding hydrogens is 1620 g/mol. The maximum atomic E-state index is 6.11. The number of terminal acetylenes is 1. The largest absolute Gasteiger partial charge is 0.354 e. The average Bonchev–Trinajstić information content (AvgIpc) is 1.46. The highest BCUT2D eigenvalue weighted by atomic mass is 35.5. The van der Waals surface area contributed by atoms with Gasteiger partial charge in [-0.1, -0.05) is 334 Å². The van der Waals surface area contributed by atoms with Crippen molar-refractivity contribution in [1.29, 1.82) is 0 Å². The summed E-state index contributed by atoms with van der Waals surface area (Å²) in [4.78, 5) is 32.3. The molecule has 22 rings (SSSR count). The molecule has 0 amide bonds. The molecule has 0 aliphatic carbocycles. The number of nitrogens with zero attached hydrogens (tertiary/aromatic N) is 7. The summed E-state index contributed by atoms with van der Waals surface area (Å²) < 4.78 is 2.23. The molecular formula is C123H65ClN8. The fourth-order valence-corrected chi connectivity index (χ4v) is 16.7. The number of nitrogens with one attached hydrogen (secondary N) is 1. The van der Waals surface area contributed by atoms with Gasteiger partial charge in [0.05, 0.1) is 11.0 Å². The van der Waals surface area contributed by atoms with Gasteiger partial charge in [0.1, 0.15) is 0 Å². The number of aromatic amines is 1. The van der Waals surface area contributed by atoms with Crippen LogP contribution >= 0.6 is 11.6 Å². The van der Waals surface area contributed by atoms with E-state index in [1.807, 2.05) is 84.9 Å². The molecule has 604 valence electrons. The molecule has 0 atom stereocenters. The fourth-order valence-electron chi connectivity index (χ4n) is 16.5.